The molecular formula is C18H20N2O2. The lowest BCUT2D eigenvalue weighted by Gasteiger charge is -2.35. The first-order valence-corrected chi connectivity index (χ1v) is 7.49. The summed E-state index contributed by atoms with van der Waals surface area (Å²) in [6, 6.07) is 19.7. The molecule has 0 radical (unpaired) electrons. The predicted molar refractivity (Wildman–Crippen MR) is 86.6 cm³/mol. The quantitative estimate of drug-likeness (QED) is 0.943. The van der Waals surface area contributed by atoms with Crippen molar-refractivity contribution in [2.75, 3.05) is 25.5 Å². The molecule has 2 aromatic rings. The van der Waals surface area contributed by atoms with E-state index in [1.807, 2.05) is 67.7 Å². The van der Waals surface area contributed by atoms with Gasteiger partial charge in [-0.15, -0.1) is 0 Å². The SMILES string of the molecule is CN1CCO[C@@H]([C@@H](Nc2ccccc2)c2ccccc2)C1=O. The number of morpholine rings is 1. The Kier molecular flexibility index (Phi) is 4.39. The van der Waals surface area contributed by atoms with Crippen molar-refractivity contribution < 1.29 is 9.53 Å². The number of nitrogens with one attached hydrogen (secondary N) is 1. The standard InChI is InChI=1S/C18H20N2O2/c1-20-12-13-22-17(18(20)21)16(14-8-4-2-5-9-14)19-15-10-6-3-7-11-15/h2-11,16-17,19H,12-13H2,1H3/t16-,17-/m0/s1. The summed E-state index contributed by atoms with van der Waals surface area (Å²) in [5, 5.41) is 3.44. The second-order valence-electron chi connectivity index (χ2n) is 5.45. The predicted octanol–water partition coefficient (Wildman–Crippen LogP) is 2.70. The Morgan fingerprint density at radius 1 is 1.09 bits per heavy atom. The molecule has 0 aromatic heterocycles. The number of carbonyl (C=O) groups is 1. The van der Waals surface area contributed by atoms with Gasteiger partial charge in [0.2, 0.25) is 0 Å². The van der Waals surface area contributed by atoms with E-state index in [0.717, 1.165) is 11.3 Å². The molecule has 0 spiro atoms. The summed E-state index contributed by atoms with van der Waals surface area (Å²) in [5.74, 6) is 0.0172. The lowest BCUT2D eigenvalue weighted by molar-refractivity contribution is -0.152. The van der Waals surface area contributed by atoms with Gasteiger partial charge in [-0.2, -0.15) is 0 Å². The van der Waals surface area contributed by atoms with Crippen LogP contribution in [-0.4, -0.2) is 37.1 Å². The number of hydrogen-bond donors (Lipinski definition) is 1. The van der Waals surface area contributed by atoms with E-state index >= 15 is 0 Å². The van der Waals surface area contributed by atoms with Gasteiger partial charge in [0.25, 0.3) is 5.91 Å². The number of carbonyl (C=O) groups excluding carboxylic acids is 1. The largest absolute Gasteiger partial charge is 0.375 e. The molecule has 1 fully saturated rings. The molecule has 1 N–H and O–H groups in total. The second kappa shape index (κ2) is 6.62. The Balaban J connectivity index is 1.91. The van der Waals surface area contributed by atoms with Crippen LogP contribution in [0.3, 0.4) is 0 Å². The van der Waals surface area contributed by atoms with E-state index in [4.69, 9.17) is 4.74 Å². The smallest absolute Gasteiger partial charge is 0.254 e. The van der Waals surface area contributed by atoms with E-state index in [0.29, 0.717) is 13.2 Å². The molecule has 0 aliphatic carbocycles. The Bertz CT molecular complexity index is 615. The van der Waals surface area contributed by atoms with E-state index in [-0.39, 0.29) is 11.9 Å². The van der Waals surface area contributed by atoms with E-state index in [9.17, 15) is 4.79 Å². The molecule has 4 heteroatoms. The number of nitrogens with zero attached hydrogens (tertiary/aromatic N) is 1. The average molecular weight is 296 g/mol. The zero-order valence-electron chi connectivity index (χ0n) is 12.6. The van der Waals surface area contributed by atoms with E-state index in [2.05, 4.69) is 5.32 Å². The van der Waals surface area contributed by atoms with Crippen LogP contribution in [0.15, 0.2) is 60.7 Å². The first kappa shape index (κ1) is 14.6. The highest BCUT2D eigenvalue weighted by molar-refractivity contribution is 5.83. The Hall–Kier alpha value is -2.33. The molecule has 1 aliphatic rings. The van der Waals surface area contributed by atoms with Crippen LogP contribution < -0.4 is 5.32 Å². The summed E-state index contributed by atoms with van der Waals surface area (Å²) in [4.78, 5) is 14.2. The van der Waals surface area contributed by atoms with Crippen LogP contribution in [0.2, 0.25) is 0 Å². The molecule has 3 rings (SSSR count). The van der Waals surface area contributed by atoms with Gasteiger partial charge >= 0.3 is 0 Å². The molecular weight excluding hydrogens is 276 g/mol. The molecule has 114 valence electrons. The van der Waals surface area contributed by atoms with Crippen LogP contribution in [-0.2, 0) is 9.53 Å². The number of hydrogen-bond acceptors (Lipinski definition) is 3. The molecule has 4 nitrogen and oxygen atoms in total. The minimum atomic E-state index is -0.513. The van der Waals surface area contributed by atoms with Crippen molar-refractivity contribution in [3.63, 3.8) is 0 Å². The van der Waals surface area contributed by atoms with Crippen molar-refractivity contribution in [2.24, 2.45) is 0 Å². The fourth-order valence-electron chi connectivity index (χ4n) is 2.66. The van der Waals surface area contributed by atoms with Crippen LogP contribution in [0.4, 0.5) is 5.69 Å². The van der Waals surface area contributed by atoms with Crippen LogP contribution in [0.1, 0.15) is 11.6 Å². The highest BCUT2D eigenvalue weighted by Gasteiger charge is 2.35. The fraction of sp³-hybridized carbons (Fsp3) is 0.278. The van der Waals surface area contributed by atoms with Gasteiger partial charge in [0.15, 0.2) is 6.10 Å². The van der Waals surface area contributed by atoms with E-state index < -0.39 is 6.10 Å². The van der Waals surface area contributed by atoms with Crippen molar-refractivity contribution >= 4 is 11.6 Å². The Morgan fingerprint density at radius 2 is 1.73 bits per heavy atom. The minimum Gasteiger partial charge on any atom is -0.375 e. The number of benzene rings is 2. The lowest BCUT2D eigenvalue weighted by atomic mass is 9.99. The summed E-state index contributed by atoms with van der Waals surface area (Å²) < 4.78 is 5.80. The van der Waals surface area contributed by atoms with Crippen LogP contribution >= 0.6 is 0 Å². The second-order valence-corrected chi connectivity index (χ2v) is 5.45. The average Bonchev–Trinajstić information content (AvgIpc) is 2.57. The molecule has 0 saturated carbocycles. The molecule has 1 heterocycles. The maximum absolute atomic E-state index is 12.5. The van der Waals surface area contributed by atoms with Crippen molar-refractivity contribution in [1.29, 1.82) is 0 Å². The molecule has 1 amide bonds. The number of rotatable bonds is 4. The van der Waals surface area contributed by atoms with Gasteiger partial charge in [-0.05, 0) is 17.7 Å². The van der Waals surface area contributed by atoms with Crippen LogP contribution in [0, 0.1) is 0 Å². The highest BCUT2D eigenvalue weighted by Crippen LogP contribution is 2.27. The van der Waals surface area contributed by atoms with Crippen molar-refractivity contribution in [2.45, 2.75) is 12.1 Å². The van der Waals surface area contributed by atoms with Gasteiger partial charge in [0, 0.05) is 19.3 Å². The number of amides is 1. The van der Waals surface area contributed by atoms with E-state index in [1.54, 1.807) is 4.90 Å². The topological polar surface area (TPSA) is 41.6 Å². The van der Waals surface area contributed by atoms with Gasteiger partial charge in [-0.3, -0.25) is 4.79 Å². The van der Waals surface area contributed by atoms with Gasteiger partial charge < -0.3 is 15.0 Å². The number of anilines is 1. The molecule has 1 aliphatic heterocycles. The zero-order chi connectivity index (χ0) is 15.4. The highest BCUT2D eigenvalue weighted by atomic mass is 16.5. The third-order valence-electron chi connectivity index (χ3n) is 3.90. The van der Waals surface area contributed by atoms with Gasteiger partial charge in [-0.1, -0.05) is 48.5 Å². The Morgan fingerprint density at radius 3 is 2.41 bits per heavy atom. The first-order chi connectivity index (χ1) is 10.8. The van der Waals surface area contributed by atoms with Crippen molar-refractivity contribution in [1.82, 2.24) is 4.90 Å². The molecule has 2 aromatic carbocycles. The summed E-state index contributed by atoms with van der Waals surface area (Å²) in [7, 11) is 1.82. The van der Waals surface area contributed by atoms with E-state index in [1.165, 1.54) is 0 Å². The zero-order valence-corrected chi connectivity index (χ0v) is 12.6. The normalized spacial score (nSPS) is 19.8. The summed E-state index contributed by atoms with van der Waals surface area (Å²) in [6.07, 6.45) is -0.513. The molecule has 0 unspecified atom stereocenters. The third-order valence-corrected chi connectivity index (χ3v) is 3.90. The molecule has 22 heavy (non-hydrogen) atoms. The Labute approximate surface area is 130 Å². The minimum absolute atomic E-state index is 0.0172. The third kappa shape index (κ3) is 3.12. The molecule has 1 saturated heterocycles. The first-order valence-electron chi connectivity index (χ1n) is 7.49. The summed E-state index contributed by atoms with van der Waals surface area (Å²) in [5.41, 5.74) is 2.01. The van der Waals surface area contributed by atoms with Crippen molar-refractivity contribution in [3.8, 4) is 0 Å². The number of ether oxygens (including phenoxy) is 1. The van der Waals surface area contributed by atoms with Gasteiger partial charge in [-0.25, -0.2) is 0 Å². The summed E-state index contributed by atoms with van der Waals surface area (Å²) >= 11 is 0. The molecule has 0 bridgehead atoms. The number of para-hydroxylation sites is 1. The monoisotopic (exact) mass is 296 g/mol. The maximum Gasteiger partial charge on any atom is 0.254 e. The van der Waals surface area contributed by atoms with Crippen molar-refractivity contribution in [3.05, 3.63) is 66.2 Å². The molecule has 2 atom stereocenters. The van der Waals surface area contributed by atoms with Gasteiger partial charge in [0.05, 0.1) is 12.6 Å². The lowest BCUT2D eigenvalue weighted by Crippen LogP contribution is -2.49. The van der Waals surface area contributed by atoms with Crippen LogP contribution in [0.5, 0.6) is 0 Å². The fourth-order valence-corrected chi connectivity index (χ4v) is 2.66. The maximum atomic E-state index is 12.5. The number of likely N-dealkylation sites (N-methyl/N-ethyl adjacent to an activating group) is 1. The van der Waals surface area contributed by atoms with Crippen LogP contribution in [0.25, 0.3) is 0 Å². The van der Waals surface area contributed by atoms with Gasteiger partial charge in [0.1, 0.15) is 0 Å². The summed E-state index contributed by atoms with van der Waals surface area (Å²) in [6.45, 7) is 1.20.